The number of imide groups is 1. The highest BCUT2D eigenvalue weighted by molar-refractivity contribution is 6.19. The number of hydrogen-bond donors (Lipinski definition) is 0. The third-order valence-electron chi connectivity index (χ3n) is 6.05. The van der Waals surface area contributed by atoms with Gasteiger partial charge in [0.1, 0.15) is 11.6 Å². The van der Waals surface area contributed by atoms with Crippen LogP contribution in [0.5, 0.6) is 11.5 Å². The Morgan fingerprint density at radius 1 is 1.09 bits per heavy atom. The quantitative estimate of drug-likeness (QED) is 0.302. The lowest BCUT2D eigenvalue weighted by atomic mass is 9.92. The van der Waals surface area contributed by atoms with Crippen molar-refractivity contribution >= 4 is 17.9 Å². The van der Waals surface area contributed by atoms with E-state index in [0.29, 0.717) is 35.9 Å². The summed E-state index contributed by atoms with van der Waals surface area (Å²) in [4.78, 5) is 27.5. The number of rotatable bonds is 9. The van der Waals surface area contributed by atoms with Gasteiger partial charge in [0.15, 0.2) is 11.5 Å². The Balaban J connectivity index is 1.94. The second-order valence-electron chi connectivity index (χ2n) is 8.28. The van der Waals surface area contributed by atoms with E-state index in [2.05, 4.69) is 6.92 Å². The smallest absolute Gasteiger partial charge is 0.271 e. The van der Waals surface area contributed by atoms with Crippen LogP contribution in [0.1, 0.15) is 71.3 Å². The Kier molecular flexibility index (Phi) is 8.10. The minimum Gasteiger partial charge on any atom is -0.490 e. The zero-order valence-electron chi connectivity index (χ0n) is 19.3. The first-order valence-electron chi connectivity index (χ1n) is 11.6. The molecule has 1 aliphatic carbocycles. The predicted molar refractivity (Wildman–Crippen MR) is 123 cm³/mol. The molecular formula is C26H32N2O4. The van der Waals surface area contributed by atoms with Gasteiger partial charge in [0, 0.05) is 11.6 Å². The Hall–Kier alpha value is -3.07. The Bertz CT molecular complexity index is 965. The molecule has 0 atom stereocenters. The number of amides is 2. The fourth-order valence-corrected chi connectivity index (χ4v) is 4.30. The number of benzene rings is 1. The highest BCUT2D eigenvalue weighted by Crippen LogP contribution is 2.34. The van der Waals surface area contributed by atoms with Crippen LogP contribution in [0.15, 0.2) is 34.9 Å². The molecule has 0 spiro atoms. The van der Waals surface area contributed by atoms with E-state index in [4.69, 9.17) is 9.47 Å². The summed E-state index contributed by atoms with van der Waals surface area (Å²) >= 11 is 0. The fourth-order valence-electron chi connectivity index (χ4n) is 4.30. The molecule has 1 fully saturated rings. The molecule has 1 aromatic rings. The maximum atomic E-state index is 13.3. The summed E-state index contributed by atoms with van der Waals surface area (Å²) in [5, 5.41) is 9.60. The van der Waals surface area contributed by atoms with Gasteiger partial charge in [0.2, 0.25) is 0 Å². The summed E-state index contributed by atoms with van der Waals surface area (Å²) in [6.07, 6.45) is 8.52. The third-order valence-corrected chi connectivity index (χ3v) is 6.05. The lowest BCUT2D eigenvalue weighted by Crippen LogP contribution is -2.47. The number of unbranched alkanes of at least 4 members (excludes halogenated alkanes) is 2. The molecule has 0 unspecified atom stereocenters. The molecule has 6 heteroatoms. The van der Waals surface area contributed by atoms with E-state index in [1.165, 1.54) is 4.90 Å². The maximum Gasteiger partial charge on any atom is 0.271 e. The molecule has 170 valence electrons. The molecule has 2 aliphatic rings. The van der Waals surface area contributed by atoms with Gasteiger partial charge in [-0.15, -0.1) is 0 Å². The highest BCUT2D eigenvalue weighted by Gasteiger charge is 2.40. The molecule has 0 saturated heterocycles. The van der Waals surface area contributed by atoms with Gasteiger partial charge in [-0.2, -0.15) is 5.26 Å². The monoisotopic (exact) mass is 436 g/mol. The van der Waals surface area contributed by atoms with Gasteiger partial charge in [-0.05, 0) is 62.5 Å². The molecule has 0 radical (unpaired) electrons. The molecule has 2 amide bonds. The van der Waals surface area contributed by atoms with Crippen molar-refractivity contribution in [2.45, 2.75) is 71.8 Å². The van der Waals surface area contributed by atoms with Crippen LogP contribution >= 0.6 is 0 Å². The average molecular weight is 437 g/mol. The molecule has 32 heavy (non-hydrogen) atoms. The van der Waals surface area contributed by atoms with Gasteiger partial charge in [-0.25, -0.2) is 0 Å². The minimum absolute atomic E-state index is 0.0451. The van der Waals surface area contributed by atoms with Gasteiger partial charge < -0.3 is 9.47 Å². The van der Waals surface area contributed by atoms with Crippen LogP contribution < -0.4 is 9.47 Å². The highest BCUT2D eigenvalue weighted by atomic mass is 16.5. The number of nitrogens with zero attached hydrogens (tertiary/aromatic N) is 2. The predicted octanol–water partition coefficient (Wildman–Crippen LogP) is 5.19. The molecular weight excluding hydrogens is 404 g/mol. The minimum atomic E-state index is -0.468. The van der Waals surface area contributed by atoms with Crippen LogP contribution in [0.3, 0.4) is 0 Å². The zero-order valence-corrected chi connectivity index (χ0v) is 19.3. The summed E-state index contributed by atoms with van der Waals surface area (Å²) in [6, 6.07) is 7.44. The standard InChI is InChI=1S/C26H32N2O4/c1-4-6-9-14-32-23-13-12-19(16-24(23)31-5-2)15-21-18(3)22(17-27)26(30)28(25(21)29)20-10-7-8-11-20/h12-13,15-16,20H,4-11,14H2,1-3H3/b21-15+. The van der Waals surface area contributed by atoms with Gasteiger partial charge in [-0.3, -0.25) is 14.5 Å². The molecule has 0 N–H and O–H groups in total. The van der Waals surface area contributed by atoms with E-state index in [1.54, 1.807) is 13.0 Å². The van der Waals surface area contributed by atoms with E-state index in [0.717, 1.165) is 50.5 Å². The number of carbonyl (C=O) groups excluding carboxylic acids is 2. The Labute approximate surface area is 190 Å². The van der Waals surface area contributed by atoms with Gasteiger partial charge in [0.05, 0.1) is 13.2 Å². The van der Waals surface area contributed by atoms with E-state index in [9.17, 15) is 14.9 Å². The van der Waals surface area contributed by atoms with Gasteiger partial charge >= 0.3 is 0 Å². The van der Waals surface area contributed by atoms with E-state index < -0.39 is 5.91 Å². The topological polar surface area (TPSA) is 79.6 Å². The number of ether oxygens (including phenoxy) is 2. The summed E-state index contributed by atoms with van der Waals surface area (Å²) in [6.45, 7) is 6.84. The molecule has 0 aromatic heterocycles. The van der Waals surface area contributed by atoms with Crippen LogP contribution in [-0.2, 0) is 9.59 Å². The van der Waals surface area contributed by atoms with Crippen molar-refractivity contribution in [3.63, 3.8) is 0 Å². The van der Waals surface area contributed by atoms with Crippen molar-refractivity contribution < 1.29 is 19.1 Å². The van der Waals surface area contributed by atoms with E-state index in [-0.39, 0.29) is 17.5 Å². The van der Waals surface area contributed by atoms with Crippen LogP contribution in [0.2, 0.25) is 0 Å². The van der Waals surface area contributed by atoms with Crippen molar-refractivity contribution in [2.75, 3.05) is 13.2 Å². The van der Waals surface area contributed by atoms with Crippen LogP contribution in [0.25, 0.3) is 6.08 Å². The molecule has 1 aromatic carbocycles. The van der Waals surface area contributed by atoms with Crippen LogP contribution in [0, 0.1) is 11.3 Å². The van der Waals surface area contributed by atoms with Crippen molar-refractivity contribution in [3.8, 4) is 17.6 Å². The van der Waals surface area contributed by atoms with Crippen molar-refractivity contribution in [2.24, 2.45) is 0 Å². The number of hydrogen-bond acceptors (Lipinski definition) is 5. The van der Waals surface area contributed by atoms with Crippen molar-refractivity contribution in [1.82, 2.24) is 4.90 Å². The maximum absolute atomic E-state index is 13.3. The van der Waals surface area contributed by atoms with Crippen molar-refractivity contribution in [1.29, 1.82) is 5.26 Å². The third kappa shape index (κ3) is 5.04. The number of carbonyl (C=O) groups is 2. The molecule has 1 saturated carbocycles. The average Bonchev–Trinajstić information content (AvgIpc) is 3.30. The molecule has 0 bridgehead atoms. The largest absolute Gasteiger partial charge is 0.490 e. The lowest BCUT2D eigenvalue weighted by Gasteiger charge is -2.32. The number of nitriles is 1. The second-order valence-corrected chi connectivity index (χ2v) is 8.28. The van der Waals surface area contributed by atoms with E-state index in [1.807, 2.05) is 31.2 Å². The molecule has 1 heterocycles. The van der Waals surface area contributed by atoms with Gasteiger partial charge in [0.25, 0.3) is 11.8 Å². The van der Waals surface area contributed by atoms with E-state index >= 15 is 0 Å². The SMILES string of the molecule is CCCCCOc1ccc(/C=C2/C(=O)N(C3CCCC3)C(=O)C(C#N)=C2C)cc1OCC. The lowest BCUT2D eigenvalue weighted by molar-refractivity contribution is -0.143. The summed E-state index contributed by atoms with van der Waals surface area (Å²) in [5.74, 6) is 0.501. The second kappa shape index (κ2) is 11.0. The van der Waals surface area contributed by atoms with Crippen molar-refractivity contribution in [3.05, 3.63) is 40.5 Å². The first-order chi connectivity index (χ1) is 15.5. The molecule has 3 rings (SSSR count). The first-order valence-corrected chi connectivity index (χ1v) is 11.6. The van der Waals surface area contributed by atoms with Gasteiger partial charge in [-0.1, -0.05) is 38.7 Å². The first kappa shape index (κ1) is 23.6. The Morgan fingerprint density at radius 2 is 1.84 bits per heavy atom. The fraction of sp³-hybridized carbons (Fsp3) is 0.500. The van der Waals surface area contributed by atoms with Crippen LogP contribution in [-0.4, -0.2) is 36.0 Å². The summed E-state index contributed by atoms with van der Waals surface area (Å²) < 4.78 is 11.7. The Morgan fingerprint density at radius 3 is 2.50 bits per heavy atom. The zero-order chi connectivity index (χ0) is 23.1. The van der Waals surface area contributed by atoms with Crippen LogP contribution in [0.4, 0.5) is 0 Å². The summed E-state index contributed by atoms with van der Waals surface area (Å²) in [5.41, 5.74) is 1.61. The summed E-state index contributed by atoms with van der Waals surface area (Å²) in [7, 11) is 0. The molecule has 1 aliphatic heterocycles. The normalized spacial score (nSPS) is 18.4. The molecule has 6 nitrogen and oxygen atoms in total.